The molecule has 1 aliphatic carbocycles. The number of para-hydroxylation sites is 1. The molecule has 0 bridgehead atoms. The summed E-state index contributed by atoms with van der Waals surface area (Å²) in [5, 5.41) is 3.54. The first-order chi connectivity index (χ1) is 24.2. The van der Waals surface area contributed by atoms with Crippen LogP contribution >= 0.6 is 0 Å². The molecule has 0 amide bonds. The topological polar surface area (TPSA) is 38.7 Å². The summed E-state index contributed by atoms with van der Waals surface area (Å²) in [6, 6.07) is 46.6. The van der Waals surface area contributed by atoms with Crippen LogP contribution in [0.2, 0.25) is 0 Å². The molecule has 3 heteroatoms. The molecule has 9 rings (SSSR count). The Bertz CT molecular complexity index is 2650. The van der Waals surface area contributed by atoms with Crippen molar-refractivity contribution in [3.8, 4) is 44.9 Å². The highest BCUT2D eigenvalue weighted by molar-refractivity contribution is 6.18. The van der Waals surface area contributed by atoms with Gasteiger partial charge in [0.1, 0.15) is 0 Å². The van der Waals surface area contributed by atoms with Gasteiger partial charge in [0.05, 0.1) is 22.6 Å². The van der Waals surface area contributed by atoms with E-state index in [0.717, 1.165) is 61.4 Å². The lowest BCUT2D eigenvalue weighted by molar-refractivity contribution is 1.32. The Balaban J connectivity index is 1.39. The molecule has 0 saturated carbocycles. The number of nitrogens with zero attached hydrogens (tertiary/aromatic N) is 3. The summed E-state index contributed by atoms with van der Waals surface area (Å²) in [6.45, 7) is 4.55. The van der Waals surface area contributed by atoms with Gasteiger partial charge in [-0.25, -0.2) is 4.98 Å². The van der Waals surface area contributed by atoms with Crippen molar-refractivity contribution >= 4 is 33.3 Å². The van der Waals surface area contributed by atoms with Crippen LogP contribution in [-0.2, 0) is 0 Å². The molecule has 5 aromatic carbocycles. The molecule has 8 aromatic rings. The molecule has 3 heterocycles. The first kappa shape index (κ1) is 28.8. The van der Waals surface area contributed by atoms with Gasteiger partial charge in [0.2, 0.25) is 0 Å². The zero-order valence-electron chi connectivity index (χ0n) is 27.3. The fourth-order valence-electron chi connectivity index (χ4n) is 7.48. The standard InChI is InChI=1S/C46H31N3/c1-29-42-37(32-14-11-15-33(27-32)39-20-7-9-25-47-39)24-23-31-13-3-4-18-36(31)43(42)30(2)45-44(29)38-19-5-6-22-41(38)49-46(45)35-17-12-16-34(28-35)40-21-8-10-26-48-40/h3-23,25-28H,1-2H3. The van der Waals surface area contributed by atoms with Gasteiger partial charge in [-0.1, -0.05) is 91.0 Å². The molecule has 0 fully saturated rings. The lowest BCUT2D eigenvalue weighted by atomic mass is 9.80. The van der Waals surface area contributed by atoms with E-state index in [9.17, 15) is 0 Å². The van der Waals surface area contributed by atoms with Crippen LogP contribution in [0.5, 0.6) is 0 Å². The van der Waals surface area contributed by atoms with Crippen molar-refractivity contribution in [3.05, 3.63) is 179 Å². The summed E-state index contributed by atoms with van der Waals surface area (Å²) >= 11 is 0. The van der Waals surface area contributed by atoms with E-state index in [1.54, 1.807) is 0 Å². The number of benzene rings is 5. The highest BCUT2D eigenvalue weighted by atomic mass is 14.7. The first-order valence-electron chi connectivity index (χ1n) is 16.6. The second kappa shape index (κ2) is 11.7. The van der Waals surface area contributed by atoms with E-state index in [4.69, 9.17) is 4.98 Å². The van der Waals surface area contributed by atoms with Gasteiger partial charge in [0, 0.05) is 51.0 Å². The van der Waals surface area contributed by atoms with Crippen LogP contribution in [0, 0.1) is 13.8 Å². The predicted molar refractivity (Wildman–Crippen MR) is 203 cm³/mol. The van der Waals surface area contributed by atoms with E-state index >= 15 is 0 Å². The highest BCUT2D eigenvalue weighted by Gasteiger charge is 2.26. The van der Waals surface area contributed by atoms with Crippen LogP contribution in [0.1, 0.15) is 27.8 Å². The summed E-state index contributed by atoms with van der Waals surface area (Å²) in [6.07, 6.45) is 5.84. The first-order valence-corrected chi connectivity index (χ1v) is 16.6. The van der Waals surface area contributed by atoms with Crippen LogP contribution in [0.4, 0.5) is 0 Å². The van der Waals surface area contributed by atoms with E-state index in [0.29, 0.717) is 0 Å². The molecule has 0 atom stereocenters. The molecule has 49 heavy (non-hydrogen) atoms. The second-order valence-corrected chi connectivity index (χ2v) is 12.6. The Morgan fingerprint density at radius 1 is 0.510 bits per heavy atom. The fraction of sp³-hybridized carbons (Fsp3) is 0.0435. The Hall–Kier alpha value is -6.41. The van der Waals surface area contributed by atoms with Crippen LogP contribution < -0.4 is 0 Å². The molecule has 230 valence electrons. The number of aryl methyl sites for hydroxylation is 2. The summed E-state index contributed by atoms with van der Waals surface area (Å²) < 4.78 is 0. The van der Waals surface area contributed by atoms with Crippen LogP contribution in [0.25, 0.3) is 78.2 Å². The summed E-state index contributed by atoms with van der Waals surface area (Å²) in [7, 11) is 0. The minimum Gasteiger partial charge on any atom is -0.256 e. The number of pyridine rings is 3. The third kappa shape index (κ3) is 4.80. The Morgan fingerprint density at radius 2 is 1.12 bits per heavy atom. The third-order valence-corrected chi connectivity index (χ3v) is 9.70. The van der Waals surface area contributed by atoms with Crippen LogP contribution in [0.15, 0.2) is 152 Å². The van der Waals surface area contributed by atoms with Crippen molar-refractivity contribution in [3.63, 3.8) is 0 Å². The largest absolute Gasteiger partial charge is 0.256 e. The smallest absolute Gasteiger partial charge is 0.0791 e. The zero-order valence-corrected chi connectivity index (χ0v) is 27.3. The quantitative estimate of drug-likeness (QED) is 0.144. The molecule has 1 aliphatic rings. The van der Waals surface area contributed by atoms with E-state index in [2.05, 4.69) is 145 Å². The number of aromatic nitrogens is 3. The monoisotopic (exact) mass is 625 g/mol. The second-order valence-electron chi connectivity index (χ2n) is 12.6. The van der Waals surface area contributed by atoms with Gasteiger partial charge in [-0.15, -0.1) is 5.73 Å². The van der Waals surface area contributed by atoms with Gasteiger partial charge in [-0.3, -0.25) is 9.97 Å². The van der Waals surface area contributed by atoms with Crippen molar-refractivity contribution in [2.24, 2.45) is 0 Å². The van der Waals surface area contributed by atoms with E-state index in [-0.39, 0.29) is 0 Å². The Labute approximate surface area is 285 Å². The molecule has 0 radical (unpaired) electrons. The Morgan fingerprint density at radius 3 is 1.86 bits per heavy atom. The Kier molecular flexibility index (Phi) is 6.86. The van der Waals surface area contributed by atoms with E-state index in [1.165, 1.54) is 38.6 Å². The SMILES string of the molecule is Cc1c2c(c(C)c3c1c(-c1cccc(-c4ccccn4)c1)nc1ccccc13)C(c1cccc(-c3ccccn3)c1)=C=Cc1ccccc1-2. The number of hydrogen-bond acceptors (Lipinski definition) is 3. The van der Waals surface area contributed by atoms with Gasteiger partial charge in [0.15, 0.2) is 0 Å². The molecule has 0 aliphatic heterocycles. The predicted octanol–water partition coefficient (Wildman–Crippen LogP) is 11.5. The van der Waals surface area contributed by atoms with Gasteiger partial charge in [-0.05, 0) is 101 Å². The van der Waals surface area contributed by atoms with Gasteiger partial charge < -0.3 is 0 Å². The third-order valence-electron chi connectivity index (χ3n) is 9.70. The molecular formula is C46H31N3. The molecular weight excluding hydrogens is 595 g/mol. The maximum Gasteiger partial charge on any atom is 0.0791 e. The molecule has 0 spiro atoms. The van der Waals surface area contributed by atoms with E-state index in [1.807, 2.05) is 36.7 Å². The van der Waals surface area contributed by atoms with Crippen molar-refractivity contribution in [2.75, 3.05) is 0 Å². The van der Waals surface area contributed by atoms with E-state index < -0.39 is 0 Å². The fourth-order valence-corrected chi connectivity index (χ4v) is 7.48. The minimum atomic E-state index is 0.943. The molecule has 3 nitrogen and oxygen atoms in total. The van der Waals surface area contributed by atoms with Gasteiger partial charge in [0.25, 0.3) is 0 Å². The van der Waals surface area contributed by atoms with Crippen LogP contribution in [-0.4, -0.2) is 15.0 Å². The number of hydrogen-bond donors (Lipinski definition) is 0. The lowest BCUT2D eigenvalue weighted by Crippen LogP contribution is -2.03. The summed E-state index contributed by atoms with van der Waals surface area (Å²) in [4.78, 5) is 14.7. The summed E-state index contributed by atoms with van der Waals surface area (Å²) in [5.74, 6) is 0. The highest BCUT2D eigenvalue weighted by Crippen LogP contribution is 2.48. The molecule has 0 saturated heterocycles. The van der Waals surface area contributed by atoms with Gasteiger partial charge >= 0.3 is 0 Å². The zero-order chi connectivity index (χ0) is 32.9. The van der Waals surface area contributed by atoms with Crippen molar-refractivity contribution in [1.82, 2.24) is 15.0 Å². The average molecular weight is 626 g/mol. The maximum absolute atomic E-state index is 5.40. The minimum absolute atomic E-state index is 0.943. The molecule has 0 unspecified atom stereocenters. The van der Waals surface area contributed by atoms with Crippen molar-refractivity contribution in [1.29, 1.82) is 0 Å². The van der Waals surface area contributed by atoms with Crippen molar-refractivity contribution < 1.29 is 0 Å². The normalized spacial score (nSPS) is 12.0. The number of rotatable bonds is 4. The molecule has 3 aromatic heterocycles. The summed E-state index contributed by atoms with van der Waals surface area (Å²) in [5.41, 5.74) is 20.2. The maximum atomic E-state index is 5.40. The number of fused-ring (bicyclic) bond motifs is 6. The lowest BCUT2D eigenvalue weighted by Gasteiger charge is -2.24. The van der Waals surface area contributed by atoms with Gasteiger partial charge in [-0.2, -0.15) is 0 Å². The van der Waals surface area contributed by atoms with Crippen molar-refractivity contribution in [2.45, 2.75) is 13.8 Å². The molecule has 0 N–H and O–H groups in total. The van der Waals surface area contributed by atoms with Crippen LogP contribution in [0.3, 0.4) is 0 Å². The average Bonchev–Trinajstić information content (AvgIpc) is 3.35.